The predicted molar refractivity (Wildman–Crippen MR) is 77.0 cm³/mol. The molecule has 1 unspecified atom stereocenters. The maximum absolute atomic E-state index is 11.4. The summed E-state index contributed by atoms with van der Waals surface area (Å²) in [6.45, 7) is 3.24. The summed E-state index contributed by atoms with van der Waals surface area (Å²) < 4.78 is -0.617. The SMILES string of the molecule is CC(=O)c1cc(C#N)c(SCC2CC2(Cl)Cl)nc1C. The zero-order chi connectivity index (χ0) is 14.2. The van der Waals surface area contributed by atoms with Crippen LogP contribution >= 0.6 is 35.0 Å². The van der Waals surface area contributed by atoms with Gasteiger partial charge in [-0.15, -0.1) is 35.0 Å². The molecule has 0 saturated heterocycles. The van der Waals surface area contributed by atoms with E-state index >= 15 is 0 Å². The summed E-state index contributed by atoms with van der Waals surface area (Å²) in [5, 5.41) is 9.77. The second-order valence-electron chi connectivity index (χ2n) is 4.62. The standard InChI is InChI=1S/C13H12Cl2N2OS/c1-7-11(8(2)18)3-9(5-16)12(17-7)19-6-10-4-13(10,14)15/h3,10H,4,6H2,1-2H3. The van der Waals surface area contributed by atoms with Gasteiger partial charge in [-0.1, -0.05) is 0 Å². The van der Waals surface area contributed by atoms with Crippen LogP contribution in [0.1, 0.15) is 35.0 Å². The van der Waals surface area contributed by atoms with E-state index in [0.717, 1.165) is 12.2 Å². The molecular weight excluding hydrogens is 303 g/mol. The molecule has 0 radical (unpaired) electrons. The van der Waals surface area contributed by atoms with E-state index in [2.05, 4.69) is 11.1 Å². The van der Waals surface area contributed by atoms with Gasteiger partial charge in [0.2, 0.25) is 0 Å². The molecule has 1 saturated carbocycles. The number of ketones is 1. The number of halogens is 2. The molecule has 100 valence electrons. The first kappa shape index (κ1) is 14.6. The highest BCUT2D eigenvalue weighted by molar-refractivity contribution is 7.99. The molecule has 1 fully saturated rings. The van der Waals surface area contributed by atoms with E-state index in [-0.39, 0.29) is 11.7 Å². The molecule has 1 heterocycles. The molecule has 19 heavy (non-hydrogen) atoms. The maximum atomic E-state index is 11.4. The van der Waals surface area contributed by atoms with Crippen LogP contribution in [0.5, 0.6) is 0 Å². The fourth-order valence-electron chi connectivity index (χ4n) is 1.76. The lowest BCUT2D eigenvalue weighted by Crippen LogP contribution is -2.03. The Morgan fingerprint density at radius 3 is 2.79 bits per heavy atom. The number of alkyl halides is 2. The van der Waals surface area contributed by atoms with Gasteiger partial charge in [0.1, 0.15) is 15.4 Å². The van der Waals surface area contributed by atoms with E-state index in [4.69, 9.17) is 28.5 Å². The molecule has 0 bridgehead atoms. The van der Waals surface area contributed by atoms with Gasteiger partial charge >= 0.3 is 0 Å². The Labute approximate surface area is 126 Å². The third-order valence-corrected chi connectivity index (χ3v) is 5.13. The highest BCUT2D eigenvalue weighted by Crippen LogP contribution is 2.54. The van der Waals surface area contributed by atoms with Gasteiger partial charge in [-0.2, -0.15) is 5.26 Å². The van der Waals surface area contributed by atoms with Gasteiger partial charge in [-0.3, -0.25) is 4.79 Å². The summed E-state index contributed by atoms with van der Waals surface area (Å²) in [6.07, 6.45) is 0.773. The summed E-state index contributed by atoms with van der Waals surface area (Å²) in [5.74, 6) is 0.885. The minimum absolute atomic E-state index is 0.0826. The smallest absolute Gasteiger partial charge is 0.161 e. The first-order valence-electron chi connectivity index (χ1n) is 5.78. The molecular formula is C13H12Cl2N2OS. The molecule has 1 aliphatic carbocycles. The van der Waals surface area contributed by atoms with E-state index in [1.54, 1.807) is 13.0 Å². The van der Waals surface area contributed by atoms with Crippen LogP contribution < -0.4 is 0 Å². The Morgan fingerprint density at radius 2 is 2.32 bits per heavy atom. The summed E-state index contributed by atoms with van der Waals surface area (Å²) >= 11 is 13.4. The van der Waals surface area contributed by atoms with Gasteiger partial charge in [0, 0.05) is 22.9 Å². The van der Waals surface area contributed by atoms with Crippen LogP contribution in [-0.2, 0) is 0 Å². The van der Waals surface area contributed by atoms with Crippen molar-refractivity contribution < 1.29 is 4.79 Å². The molecule has 0 aliphatic heterocycles. The van der Waals surface area contributed by atoms with Crippen molar-refractivity contribution in [1.29, 1.82) is 5.26 Å². The molecule has 1 aromatic heterocycles. The Balaban J connectivity index is 2.19. The Kier molecular flexibility index (Phi) is 4.10. The van der Waals surface area contributed by atoms with Crippen molar-refractivity contribution in [2.75, 3.05) is 5.75 Å². The van der Waals surface area contributed by atoms with Gasteiger partial charge in [-0.05, 0) is 26.3 Å². The second kappa shape index (κ2) is 5.32. The number of aryl methyl sites for hydroxylation is 1. The molecule has 6 heteroatoms. The van der Waals surface area contributed by atoms with E-state index < -0.39 is 4.33 Å². The number of Topliss-reactive ketones (excluding diaryl/α,β-unsaturated/α-hetero) is 1. The first-order chi connectivity index (χ1) is 8.85. The maximum Gasteiger partial charge on any atom is 0.161 e. The molecule has 0 spiro atoms. The van der Waals surface area contributed by atoms with Crippen molar-refractivity contribution >= 4 is 40.7 Å². The first-order valence-corrected chi connectivity index (χ1v) is 7.52. The molecule has 1 atom stereocenters. The molecule has 0 amide bonds. The summed E-state index contributed by atoms with van der Waals surface area (Å²) in [7, 11) is 0. The minimum atomic E-state index is -0.617. The van der Waals surface area contributed by atoms with E-state index in [1.807, 2.05) is 0 Å². The Bertz CT molecular complexity index is 581. The molecule has 2 rings (SSSR count). The molecule has 1 aromatic rings. The van der Waals surface area contributed by atoms with E-state index in [0.29, 0.717) is 21.8 Å². The second-order valence-corrected chi connectivity index (χ2v) is 7.17. The average molecular weight is 315 g/mol. The van der Waals surface area contributed by atoms with Crippen LogP contribution in [-0.4, -0.2) is 20.9 Å². The van der Waals surface area contributed by atoms with Crippen molar-refractivity contribution in [2.24, 2.45) is 5.92 Å². The number of hydrogen-bond donors (Lipinski definition) is 0. The number of nitrogens with zero attached hydrogens (tertiary/aromatic N) is 2. The fraction of sp³-hybridized carbons (Fsp3) is 0.462. The Hall–Kier alpha value is -0.760. The van der Waals surface area contributed by atoms with E-state index in [9.17, 15) is 4.79 Å². The van der Waals surface area contributed by atoms with Gasteiger partial charge < -0.3 is 0 Å². The van der Waals surface area contributed by atoms with Crippen LogP contribution in [0.2, 0.25) is 0 Å². The molecule has 3 nitrogen and oxygen atoms in total. The van der Waals surface area contributed by atoms with Crippen LogP contribution in [0.25, 0.3) is 0 Å². The number of carbonyl (C=O) groups is 1. The lowest BCUT2D eigenvalue weighted by atomic mass is 10.1. The third kappa shape index (κ3) is 3.22. The highest BCUT2D eigenvalue weighted by atomic mass is 35.5. The van der Waals surface area contributed by atoms with Crippen molar-refractivity contribution in [3.05, 3.63) is 22.9 Å². The summed E-state index contributed by atoms with van der Waals surface area (Å²) in [6, 6.07) is 3.69. The topological polar surface area (TPSA) is 53.8 Å². The van der Waals surface area contributed by atoms with Crippen molar-refractivity contribution in [2.45, 2.75) is 29.6 Å². The van der Waals surface area contributed by atoms with Crippen LogP contribution in [0.15, 0.2) is 11.1 Å². The number of nitriles is 1. The van der Waals surface area contributed by atoms with E-state index in [1.165, 1.54) is 18.7 Å². The zero-order valence-electron chi connectivity index (χ0n) is 10.5. The van der Waals surface area contributed by atoms with Gasteiger partial charge in [0.25, 0.3) is 0 Å². The lowest BCUT2D eigenvalue weighted by molar-refractivity contribution is 0.101. The van der Waals surface area contributed by atoms with Crippen molar-refractivity contribution in [3.63, 3.8) is 0 Å². The fourth-order valence-corrected chi connectivity index (χ4v) is 3.69. The normalized spacial score (nSPS) is 19.8. The van der Waals surface area contributed by atoms with Crippen LogP contribution in [0, 0.1) is 24.2 Å². The Morgan fingerprint density at radius 1 is 1.68 bits per heavy atom. The largest absolute Gasteiger partial charge is 0.294 e. The lowest BCUT2D eigenvalue weighted by Gasteiger charge is -2.07. The number of thioether (sulfide) groups is 1. The number of hydrogen-bond acceptors (Lipinski definition) is 4. The summed E-state index contributed by atoms with van der Waals surface area (Å²) in [4.78, 5) is 15.8. The molecule has 0 N–H and O–H groups in total. The number of carbonyl (C=O) groups excluding carboxylic acids is 1. The van der Waals surface area contributed by atoms with Crippen molar-refractivity contribution in [1.82, 2.24) is 4.98 Å². The third-order valence-electron chi connectivity index (χ3n) is 3.05. The van der Waals surface area contributed by atoms with Gasteiger partial charge in [0.05, 0.1) is 5.56 Å². The minimum Gasteiger partial charge on any atom is -0.294 e. The van der Waals surface area contributed by atoms with Crippen LogP contribution in [0.4, 0.5) is 0 Å². The predicted octanol–water partition coefficient (Wildman–Crippen LogP) is 3.75. The molecule has 1 aliphatic rings. The highest BCUT2D eigenvalue weighted by Gasteiger charge is 2.51. The summed E-state index contributed by atoms with van der Waals surface area (Å²) in [5.41, 5.74) is 1.57. The molecule has 0 aromatic carbocycles. The number of pyridine rings is 1. The quantitative estimate of drug-likeness (QED) is 0.482. The van der Waals surface area contributed by atoms with Crippen molar-refractivity contribution in [3.8, 4) is 6.07 Å². The average Bonchev–Trinajstić information content (AvgIpc) is 2.94. The van der Waals surface area contributed by atoms with Gasteiger partial charge in [-0.25, -0.2) is 4.98 Å². The zero-order valence-corrected chi connectivity index (χ0v) is 12.9. The number of rotatable bonds is 4. The van der Waals surface area contributed by atoms with Gasteiger partial charge in [0.15, 0.2) is 5.78 Å². The number of aromatic nitrogens is 1. The van der Waals surface area contributed by atoms with Crippen LogP contribution in [0.3, 0.4) is 0 Å². The monoisotopic (exact) mass is 314 g/mol.